The lowest BCUT2D eigenvalue weighted by Gasteiger charge is -2.33. The summed E-state index contributed by atoms with van der Waals surface area (Å²) in [5, 5.41) is 2.98. The van der Waals surface area contributed by atoms with Crippen molar-refractivity contribution in [1.82, 2.24) is 14.9 Å². The van der Waals surface area contributed by atoms with Crippen LogP contribution in [0.4, 0.5) is 0 Å². The van der Waals surface area contributed by atoms with Gasteiger partial charge >= 0.3 is 0 Å². The molecule has 4 rings (SSSR count). The number of carbonyl (C=O) groups is 1. The Morgan fingerprint density at radius 1 is 1.17 bits per heavy atom. The van der Waals surface area contributed by atoms with Gasteiger partial charge in [-0.2, -0.15) is 0 Å². The molecule has 1 amide bonds. The van der Waals surface area contributed by atoms with Gasteiger partial charge in [0.05, 0.1) is 23.7 Å². The van der Waals surface area contributed by atoms with Crippen LogP contribution in [0.25, 0.3) is 0 Å². The van der Waals surface area contributed by atoms with Crippen molar-refractivity contribution in [2.75, 3.05) is 26.2 Å². The highest BCUT2D eigenvalue weighted by molar-refractivity contribution is 7.90. The van der Waals surface area contributed by atoms with E-state index >= 15 is 0 Å². The third kappa shape index (κ3) is 4.57. The molecule has 2 aliphatic rings. The monoisotopic (exact) mass is 430 g/mol. The van der Waals surface area contributed by atoms with E-state index in [0.29, 0.717) is 17.9 Å². The fourth-order valence-corrected chi connectivity index (χ4v) is 5.19. The number of hydrogen-bond donors (Lipinski definition) is 2. The highest BCUT2D eigenvalue weighted by Gasteiger charge is 2.30. The van der Waals surface area contributed by atoms with Gasteiger partial charge in [-0.15, -0.1) is 0 Å². The number of carbonyl (C=O) groups excluding carboxylic acids is 1. The van der Waals surface area contributed by atoms with Crippen LogP contribution in [0.2, 0.25) is 0 Å². The first-order chi connectivity index (χ1) is 14.5. The number of rotatable bonds is 7. The molecule has 0 radical (unpaired) electrons. The molecular weight excluding hydrogens is 404 g/mol. The number of benzene rings is 1. The number of fused-ring (bicyclic) bond motifs is 1. The van der Waals surface area contributed by atoms with Crippen LogP contribution in [0.3, 0.4) is 0 Å². The number of amidine groups is 1. The van der Waals surface area contributed by atoms with Gasteiger partial charge in [0.25, 0.3) is 10.0 Å². The molecule has 1 aromatic heterocycles. The topological polar surface area (TPSA) is 104 Å². The third-order valence-electron chi connectivity index (χ3n) is 5.47. The average molecular weight is 431 g/mol. The van der Waals surface area contributed by atoms with E-state index in [-0.39, 0.29) is 29.8 Å². The molecule has 3 heterocycles. The van der Waals surface area contributed by atoms with E-state index in [1.807, 2.05) is 12.1 Å². The fourth-order valence-electron chi connectivity index (χ4n) is 3.94. The lowest BCUT2D eigenvalue weighted by Crippen LogP contribution is -2.40. The molecule has 1 saturated heterocycles. The van der Waals surface area contributed by atoms with Crippen LogP contribution in [0, 0.1) is 0 Å². The van der Waals surface area contributed by atoms with Gasteiger partial charge in [-0.3, -0.25) is 19.4 Å². The molecule has 30 heavy (non-hydrogen) atoms. The maximum absolute atomic E-state index is 12.4. The maximum atomic E-state index is 12.4. The SMILES string of the molecule is O=C(CCN=C1NS(=O)(=O)c2ccccc21)NCC(c1ccco1)N1CCCCC1. The predicted octanol–water partition coefficient (Wildman–Crippen LogP) is 2.05. The second-order valence-corrected chi connectivity index (χ2v) is 9.16. The molecule has 1 aromatic carbocycles. The largest absolute Gasteiger partial charge is 0.468 e. The Morgan fingerprint density at radius 2 is 1.97 bits per heavy atom. The Hall–Kier alpha value is -2.65. The summed E-state index contributed by atoms with van der Waals surface area (Å²) in [4.78, 5) is 19.3. The Labute approximate surface area is 176 Å². The normalized spacial score (nSPS) is 20.5. The number of piperidine rings is 1. The number of aliphatic imine (C=N–C) groups is 1. The zero-order valence-corrected chi connectivity index (χ0v) is 17.5. The van der Waals surface area contributed by atoms with Gasteiger partial charge in [0.2, 0.25) is 5.91 Å². The van der Waals surface area contributed by atoms with E-state index in [1.165, 1.54) is 6.42 Å². The van der Waals surface area contributed by atoms with Gasteiger partial charge in [0.15, 0.2) is 0 Å². The molecule has 8 nitrogen and oxygen atoms in total. The van der Waals surface area contributed by atoms with Gasteiger partial charge in [-0.25, -0.2) is 8.42 Å². The molecule has 9 heteroatoms. The summed E-state index contributed by atoms with van der Waals surface area (Å²) in [5.41, 5.74) is 0.542. The quantitative estimate of drug-likeness (QED) is 0.700. The molecule has 2 N–H and O–H groups in total. The fraction of sp³-hybridized carbons (Fsp3) is 0.429. The molecule has 0 spiro atoms. The Kier molecular flexibility index (Phi) is 6.19. The minimum atomic E-state index is -3.56. The van der Waals surface area contributed by atoms with Gasteiger partial charge in [-0.1, -0.05) is 18.6 Å². The summed E-state index contributed by atoms with van der Waals surface area (Å²) in [6, 6.07) is 10.5. The van der Waals surface area contributed by atoms with E-state index < -0.39 is 10.0 Å². The number of nitrogens with zero attached hydrogens (tertiary/aromatic N) is 2. The zero-order valence-electron chi connectivity index (χ0n) is 16.7. The minimum Gasteiger partial charge on any atom is -0.468 e. The standard InChI is InChI=1S/C21H26N4O4S/c26-20(10-11-22-21-16-7-2-3-9-19(16)30(27,28)24-21)23-15-17(18-8-6-14-29-18)25-12-4-1-5-13-25/h2-3,6-9,14,17H,1,4-5,10-13,15H2,(H,22,24)(H,23,26). The average Bonchev–Trinajstić information content (AvgIpc) is 3.36. The zero-order chi connectivity index (χ0) is 21.0. The van der Waals surface area contributed by atoms with E-state index in [4.69, 9.17) is 4.42 Å². The van der Waals surface area contributed by atoms with Gasteiger partial charge < -0.3 is 9.73 Å². The van der Waals surface area contributed by atoms with Gasteiger partial charge in [0.1, 0.15) is 11.6 Å². The van der Waals surface area contributed by atoms with Crippen molar-refractivity contribution in [3.8, 4) is 0 Å². The van der Waals surface area contributed by atoms with Crippen LogP contribution < -0.4 is 10.0 Å². The first-order valence-electron chi connectivity index (χ1n) is 10.3. The van der Waals surface area contributed by atoms with E-state index in [9.17, 15) is 13.2 Å². The molecule has 1 unspecified atom stereocenters. The second-order valence-electron chi connectivity index (χ2n) is 7.51. The van der Waals surface area contributed by atoms with Crippen LogP contribution in [0.15, 0.2) is 57.0 Å². The van der Waals surface area contributed by atoms with Crippen LogP contribution in [0.5, 0.6) is 0 Å². The molecule has 0 aliphatic carbocycles. The van der Waals surface area contributed by atoms with Gasteiger partial charge in [0, 0.05) is 18.5 Å². The lowest BCUT2D eigenvalue weighted by atomic mass is 10.1. The number of hydrogen-bond acceptors (Lipinski definition) is 6. The molecule has 0 bridgehead atoms. The van der Waals surface area contributed by atoms with Gasteiger partial charge in [-0.05, 0) is 50.2 Å². The Bertz CT molecular complexity index is 1010. The van der Waals surface area contributed by atoms with Crippen LogP contribution in [-0.2, 0) is 14.8 Å². The number of sulfonamides is 1. The summed E-state index contributed by atoms with van der Waals surface area (Å²) >= 11 is 0. The van der Waals surface area contributed by atoms with E-state index in [2.05, 4.69) is 19.9 Å². The number of amides is 1. The molecule has 1 fully saturated rings. The molecule has 2 aromatic rings. The number of furan rings is 1. The molecule has 0 saturated carbocycles. The summed E-state index contributed by atoms with van der Waals surface area (Å²) in [6.07, 6.45) is 5.38. The first kappa shape index (κ1) is 20.6. The highest BCUT2D eigenvalue weighted by Crippen LogP contribution is 2.25. The van der Waals surface area contributed by atoms with Crippen LogP contribution in [-0.4, -0.2) is 51.2 Å². The molecular formula is C21H26N4O4S. The summed E-state index contributed by atoms with van der Waals surface area (Å²) in [6.45, 7) is 2.66. The Balaban J connectivity index is 1.33. The van der Waals surface area contributed by atoms with Crippen molar-refractivity contribution in [3.05, 3.63) is 54.0 Å². The lowest BCUT2D eigenvalue weighted by molar-refractivity contribution is -0.121. The minimum absolute atomic E-state index is 0.0177. The predicted molar refractivity (Wildman–Crippen MR) is 113 cm³/mol. The van der Waals surface area contributed by atoms with Crippen molar-refractivity contribution in [1.29, 1.82) is 0 Å². The summed E-state index contributed by atoms with van der Waals surface area (Å²) in [5.74, 6) is 1.02. The summed E-state index contributed by atoms with van der Waals surface area (Å²) in [7, 11) is -3.56. The van der Waals surface area contributed by atoms with Crippen LogP contribution in [0.1, 0.15) is 43.0 Å². The third-order valence-corrected chi connectivity index (χ3v) is 6.86. The number of likely N-dealkylation sites (tertiary alicyclic amines) is 1. The van der Waals surface area contributed by atoms with Crippen molar-refractivity contribution >= 4 is 21.8 Å². The van der Waals surface area contributed by atoms with Crippen molar-refractivity contribution in [2.45, 2.75) is 36.6 Å². The maximum Gasteiger partial charge on any atom is 0.263 e. The second kappa shape index (κ2) is 9.01. The molecule has 2 aliphatic heterocycles. The smallest absolute Gasteiger partial charge is 0.263 e. The first-order valence-corrected chi connectivity index (χ1v) is 11.7. The number of nitrogens with one attached hydrogen (secondary N) is 2. The summed E-state index contributed by atoms with van der Waals surface area (Å²) < 4.78 is 32.3. The molecule has 160 valence electrons. The van der Waals surface area contributed by atoms with E-state index in [0.717, 1.165) is 31.7 Å². The van der Waals surface area contributed by atoms with Crippen molar-refractivity contribution in [3.63, 3.8) is 0 Å². The molecule has 1 atom stereocenters. The Morgan fingerprint density at radius 3 is 2.73 bits per heavy atom. The highest BCUT2D eigenvalue weighted by atomic mass is 32.2. The van der Waals surface area contributed by atoms with Crippen LogP contribution >= 0.6 is 0 Å². The van der Waals surface area contributed by atoms with E-state index in [1.54, 1.807) is 30.5 Å². The van der Waals surface area contributed by atoms with Crippen molar-refractivity contribution in [2.24, 2.45) is 4.99 Å². The van der Waals surface area contributed by atoms with Crippen molar-refractivity contribution < 1.29 is 17.6 Å².